The highest BCUT2D eigenvalue weighted by molar-refractivity contribution is 7.13. The molecule has 0 aliphatic carbocycles. The zero-order valence-electron chi connectivity index (χ0n) is 11.8. The fourth-order valence-electron chi connectivity index (χ4n) is 1.98. The molecule has 0 bridgehead atoms. The molecule has 0 amide bonds. The van der Waals surface area contributed by atoms with Crippen molar-refractivity contribution in [2.75, 3.05) is 24.3 Å². The first-order valence-electron chi connectivity index (χ1n) is 6.31. The Labute approximate surface area is 122 Å². The van der Waals surface area contributed by atoms with Gasteiger partial charge in [-0.3, -0.25) is 0 Å². The number of carboxylic acid groups (broad SMARTS) is 1. The molecule has 2 rings (SSSR count). The second-order valence-corrected chi connectivity index (χ2v) is 5.99. The Kier molecular flexibility index (Phi) is 4.29. The van der Waals surface area contributed by atoms with Crippen LogP contribution in [0.5, 0.6) is 0 Å². The summed E-state index contributed by atoms with van der Waals surface area (Å²) in [7, 11) is 4.04. The van der Waals surface area contributed by atoms with Crippen molar-refractivity contribution in [3.63, 3.8) is 0 Å². The third kappa shape index (κ3) is 3.30. The van der Waals surface area contributed by atoms with E-state index < -0.39 is 5.97 Å². The van der Waals surface area contributed by atoms with Crippen LogP contribution in [0.3, 0.4) is 0 Å². The van der Waals surface area contributed by atoms with E-state index in [4.69, 9.17) is 5.11 Å². The maximum Gasteiger partial charge on any atom is 0.345 e. The van der Waals surface area contributed by atoms with Crippen molar-refractivity contribution in [2.24, 2.45) is 0 Å². The number of hydrogen-bond donors (Lipinski definition) is 2. The van der Waals surface area contributed by atoms with Crippen molar-refractivity contribution in [3.8, 4) is 0 Å². The molecule has 4 nitrogen and oxygen atoms in total. The van der Waals surface area contributed by atoms with Crippen molar-refractivity contribution in [1.29, 1.82) is 0 Å². The number of hydrogen-bond acceptors (Lipinski definition) is 4. The van der Waals surface area contributed by atoms with Gasteiger partial charge in [0.1, 0.15) is 4.88 Å². The van der Waals surface area contributed by atoms with Gasteiger partial charge in [0.05, 0.1) is 0 Å². The third-order valence-electron chi connectivity index (χ3n) is 3.03. The predicted molar refractivity (Wildman–Crippen MR) is 84.1 cm³/mol. The van der Waals surface area contributed by atoms with Crippen LogP contribution < -0.4 is 10.2 Å². The number of anilines is 2. The summed E-state index contributed by atoms with van der Waals surface area (Å²) in [5.74, 6) is -0.869. The van der Waals surface area contributed by atoms with Crippen molar-refractivity contribution in [1.82, 2.24) is 0 Å². The minimum absolute atomic E-state index is 0.375. The first-order valence-corrected chi connectivity index (χ1v) is 7.13. The van der Waals surface area contributed by atoms with Crippen LogP contribution in [0.2, 0.25) is 0 Å². The molecule has 106 valence electrons. The topological polar surface area (TPSA) is 52.6 Å². The van der Waals surface area contributed by atoms with Crippen molar-refractivity contribution in [3.05, 3.63) is 45.6 Å². The Morgan fingerprint density at radius 1 is 1.30 bits per heavy atom. The van der Waals surface area contributed by atoms with Crippen LogP contribution in [0.25, 0.3) is 0 Å². The first kappa shape index (κ1) is 14.4. The highest BCUT2D eigenvalue weighted by Gasteiger charge is 2.07. The van der Waals surface area contributed by atoms with Crippen LogP contribution in [0.1, 0.15) is 20.1 Å². The summed E-state index contributed by atoms with van der Waals surface area (Å²) in [6, 6.07) is 9.70. The lowest BCUT2D eigenvalue weighted by atomic mass is 10.1. The van der Waals surface area contributed by atoms with E-state index in [1.807, 2.05) is 26.2 Å². The molecule has 20 heavy (non-hydrogen) atoms. The van der Waals surface area contributed by atoms with Gasteiger partial charge in [-0.05, 0) is 36.8 Å². The van der Waals surface area contributed by atoms with Gasteiger partial charge in [-0.15, -0.1) is 11.3 Å². The smallest absolute Gasteiger partial charge is 0.345 e. The maximum absolute atomic E-state index is 10.8. The van der Waals surface area contributed by atoms with E-state index in [1.165, 1.54) is 22.6 Å². The van der Waals surface area contributed by atoms with Gasteiger partial charge in [0.15, 0.2) is 0 Å². The van der Waals surface area contributed by atoms with Crippen LogP contribution in [-0.2, 0) is 6.54 Å². The SMILES string of the molecule is Cc1ccc(NCc2ccc(C(=O)O)s2)cc1N(C)C. The standard InChI is InChI=1S/C15H18N2O2S/c1-10-4-5-11(8-13(10)17(2)3)16-9-12-6-7-14(20-12)15(18)19/h4-8,16H,9H2,1-3H3,(H,18,19). The summed E-state index contributed by atoms with van der Waals surface area (Å²) >= 11 is 1.30. The highest BCUT2D eigenvalue weighted by Crippen LogP contribution is 2.24. The van der Waals surface area contributed by atoms with Gasteiger partial charge in [-0.2, -0.15) is 0 Å². The number of thiophene rings is 1. The second kappa shape index (κ2) is 5.96. The number of carbonyl (C=O) groups is 1. The number of nitrogens with one attached hydrogen (secondary N) is 1. The van der Waals surface area contributed by atoms with Gasteiger partial charge in [0.2, 0.25) is 0 Å². The van der Waals surface area contributed by atoms with Gasteiger partial charge >= 0.3 is 5.97 Å². The summed E-state index contributed by atoms with van der Waals surface area (Å²) in [5, 5.41) is 12.2. The molecule has 2 N–H and O–H groups in total. The lowest BCUT2D eigenvalue weighted by molar-refractivity contribution is 0.0702. The van der Waals surface area contributed by atoms with E-state index in [1.54, 1.807) is 6.07 Å². The molecule has 5 heteroatoms. The van der Waals surface area contributed by atoms with E-state index in [0.29, 0.717) is 11.4 Å². The molecule has 0 saturated heterocycles. The monoisotopic (exact) mass is 290 g/mol. The molecule has 0 aliphatic heterocycles. The summed E-state index contributed by atoms with van der Waals surface area (Å²) in [6.45, 7) is 2.71. The highest BCUT2D eigenvalue weighted by atomic mass is 32.1. The van der Waals surface area contributed by atoms with Crippen molar-refractivity contribution < 1.29 is 9.90 Å². The molecule has 0 aliphatic rings. The summed E-state index contributed by atoms with van der Waals surface area (Å²) in [4.78, 5) is 14.3. The predicted octanol–water partition coefficient (Wildman–Crippen LogP) is 3.43. The minimum atomic E-state index is -0.869. The fraction of sp³-hybridized carbons (Fsp3) is 0.267. The van der Waals surface area contributed by atoms with Gasteiger partial charge in [-0.1, -0.05) is 6.07 Å². The van der Waals surface area contributed by atoms with Crippen LogP contribution >= 0.6 is 11.3 Å². The Hall–Kier alpha value is -2.01. The molecule has 0 fully saturated rings. The van der Waals surface area contributed by atoms with E-state index >= 15 is 0 Å². The molecule has 1 heterocycles. The quantitative estimate of drug-likeness (QED) is 0.886. The number of carboxylic acids is 1. The minimum Gasteiger partial charge on any atom is -0.477 e. The Balaban J connectivity index is 2.06. The van der Waals surface area contributed by atoms with Crippen LogP contribution in [-0.4, -0.2) is 25.2 Å². The van der Waals surface area contributed by atoms with Crippen LogP contribution in [0, 0.1) is 6.92 Å². The zero-order valence-corrected chi connectivity index (χ0v) is 12.6. The average Bonchev–Trinajstić information content (AvgIpc) is 2.86. The number of aryl methyl sites for hydroxylation is 1. The molecular weight excluding hydrogens is 272 g/mol. The third-order valence-corrected chi connectivity index (χ3v) is 4.10. The fourth-order valence-corrected chi connectivity index (χ4v) is 2.76. The van der Waals surface area contributed by atoms with Crippen molar-refractivity contribution in [2.45, 2.75) is 13.5 Å². The molecule has 0 radical (unpaired) electrons. The molecule has 1 aromatic carbocycles. The van der Waals surface area contributed by atoms with E-state index in [0.717, 1.165) is 10.6 Å². The van der Waals surface area contributed by atoms with E-state index in [2.05, 4.69) is 29.3 Å². The molecule has 0 saturated carbocycles. The summed E-state index contributed by atoms with van der Waals surface area (Å²) in [6.07, 6.45) is 0. The number of nitrogens with zero attached hydrogens (tertiary/aromatic N) is 1. The number of aromatic carboxylic acids is 1. The largest absolute Gasteiger partial charge is 0.477 e. The molecule has 0 unspecified atom stereocenters. The van der Waals surface area contributed by atoms with Gasteiger partial charge in [0.25, 0.3) is 0 Å². The number of rotatable bonds is 5. The second-order valence-electron chi connectivity index (χ2n) is 4.82. The number of benzene rings is 1. The van der Waals surface area contributed by atoms with Gasteiger partial charge in [-0.25, -0.2) is 4.79 Å². The maximum atomic E-state index is 10.8. The Morgan fingerprint density at radius 3 is 2.65 bits per heavy atom. The van der Waals surface area contributed by atoms with Gasteiger partial charge in [0, 0.05) is 36.9 Å². The van der Waals surface area contributed by atoms with Gasteiger partial charge < -0.3 is 15.3 Å². The summed E-state index contributed by atoms with van der Waals surface area (Å²) in [5.41, 5.74) is 3.43. The van der Waals surface area contributed by atoms with E-state index in [-0.39, 0.29) is 0 Å². The Morgan fingerprint density at radius 2 is 2.05 bits per heavy atom. The lowest BCUT2D eigenvalue weighted by Crippen LogP contribution is -2.10. The lowest BCUT2D eigenvalue weighted by Gasteiger charge is -2.17. The summed E-state index contributed by atoms with van der Waals surface area (Å²) < 4.78 is 0. The van der Waals surface area contributed by atoms with Crippen LogP contribution in [0.4, 0.5) is 11.4 Å². The average molecular weight is 290 g/mol. The van der Waals surface area contributed by atoms with Crippen molar-refractivity contribution >= 4 is 28.7 Å². The van der Waals surface area contributed by atoms with Crippen LogP contribution in [0.15, 0.2) is 30.3 Å². The molecule has 0 spiro atoms. The first-order chi connectivity index (χ1) is 9.47. The normalized spacial score (nSPS) is 10.3. The molecule has 2 aromatic rings. The zero-order chi connectivity index (χ0) is 14.7. The Bertz CT molecular complexity index is 620. The molecular formula is C15H18N2O2S. The molecule has 0 atom stereocenters. The molecule has 1 aromatic heterocycles. The van der Waals surface area contributed by atoms with E-state index in [9.17, 15) is 4.79 Å².